The van der Waals surface area contributed by atoms with E-state index in [0.717, 1.165) is 19.3 Å². The van der Waals surface area contributed by atoms with Crippen molar-refractivity contribution in [2.24, 2.45) is 0 Å². The molecule has 104 valence electrons. The second kappa shape index (κ2) is 6.24. The van der Waals surface area contributed by atoms with Crippen molar-refractivity contribution in [3.8, 4) is 5.75 Å². The molecule has 1 aromatic carbocycles. The molecule has 0 saturated heterocycles. The standard InChI is InChI=1S/C14H17ClFNO2/c1-19-12-7-3-6-11(16)13(12)14(18)17(9-8-15)10-4-2-5-10/h3,6-7,10H,2,4-5,8-9H2,1H3. The third-order valence-electron chi connectivity index (χ3n) is 3.51. The average Bonchev–Trinajstić information content (AvgIpc) is 2.35. The van der Waals surface area contributed by atoms with E-state index in [1.807, 2.05) is 0 Å². The number of halogens is 2. The first-order valence-corrected chi connectivity index (χ1v) is 6.92. The van der Waals surface area contributed by atoms with Crippen molar-refractivity contribution in [1.82, 2.24) is 4.90 Å². The van der Waals surface area contributed by atoms with Crippen LogP contribution in [0.5, 0.6) is 5.75 Å². The molecule has 0 atom stereocenters. The minimum absolute atomic E-state index is 0.00187. The van der Waals surface area contributed by atoms with Crippen LogP contribution in [-0.4, -0.2) is 36.4 Å². The second-order valence-corrected chi connectivity index (χ2v) is 4.97. The predicted molar refractivity (Wildman–Crippen MR) is 72.3 cm³/mol. The summed E-state index contributed by atoms with van der Waals surface area (Å²) >= 11 is 5.75. The van der Waals surface area contributed by atoms with Crippen LogP contribution in [0.25, 0.3) is 0 Å². The van der Waals surface area contributed by atoms with Crippen molar-refractivity contribution < 1.29 is 13.9 Å². The average molecular weight is 286 g/mol. The molecular formula is C14H17ClFNO2. The highest BCUT2D eigenvalue weighted by molar-refractivity contribution is 6.18. The number of hydrogen-bond acceptors (Lipinski definition) is 2. The molecular weight excluding hydrogens is 269 g/mol. The zero-order valence-corrected chi connectivity index (χ0v) is 11.6. The van der Waals surface area contributed by atoms with Crippen LogP contribution < -0.4 is 4.74 Å². The predicted octanol–water partition coefficient (Wildman–Crippen LogP) is 3.07. The van der Waals surface area contributed by atoms with Crippen LogP contribution in [0.4, 0.5) is 4.39 Å². The molecule has 1 amide bonds. The maximum absolute atomic E-state index is 13.9. The van der Waals surface area contributed by atoms with Crippen LogP contribution in [0.3, 0.4) is 0 Å². The molecule has 1 saturated carbocycles. The molecule has 0 radical (unpaired) electrons. The van der Waals surface area contributed by atoms with E-state index in [4.69, 9.17) is 16.3 Å². The molecule has 2 rings (SSSR count). The van der Waals surface area contributed by atoms with E-state index >= 15 is 0 Å². The molecule has 1 aliphatic rings. The van der Waals surface area contributed by atoms with Gasteiger partial charge < -0.3 is 9.64 Å². The van der Waals surface area contributed by atoms with Crippen molar-refractivity contribution in [2.45, 2.75) is 25.3 Å². The van der Waals surface area contributed by atoms with Gasteiger partial charge in [-0.1, -0.05) is 6.07 Å². The highest BCUT2D eigenvalue weighted by Crippen LogP contribution is 2.29. The summed E-state index contributed by atoms with van der Waals surface area (Å²) in [5.41, 5.74) is 0.00187. The highest BCUT2D eigenvalue weighted by Gasteiger charge is 2.31. The quantitative estimate of drug-likeness (QED) is 0.778. The third-order valence-corrected chi connectivity index (χ3v) is 3.68. The molecule has 3 nitrogen and oxygen atoms in total. The van der Waals surface area contributed by atoms with Gasteiger partial charge in [0, 0.05) is 18.5 Å². The largest absolute Gasteiger partial charge is 0.496 e. The summed E-state index contributed by atoms with van der Waals surface area (Å²) in [4.78, 5) is 14.2. The molecule has 0 N–H and O–H groups in total. The van der Waals surface area contributed by atoms with Gasteiger partial charge in [-0.2, -0.15) is 0 Å². The van der Waals surface area contributed by atoms with Gasteiger partial charge in [-0.25, -0.2) is 4.39 Å². The van der Waals surface area contributed by atoms with Crippen LogP contribution in [0.2, 0.25) is 0 Å². The number of carbonyl (C=O) groups is 1. The summed E-state index contributed by atoms with van der Waals surface area (Å²) in [6.45, 7) is 0.433. The number of carbonyl (C=O) groups excluding carboxylic acids is 1. The summed E-state index contributed by atoms with van der Waals surface area (Å²) in [5.74, 6) is -0.272. The molecule has 0 spiro atoms. The Labute approximate surface area is 117 Å². The van der Waals surface area contributed by atoms with Gasteiger partial charge in [-0.05, 0) is 31.4 Å². The van der Waals surface area contributed by atoms with Crippen LogP contribution >= 0.6 is 11.6 Å². The number of hydrogen-bond donors (Lipinski definition) is 0. The SMILES string of the molecule is COc1cccc(F)c1C(=O)N(CCCl)C1CCC1. The van der Waals surface area contributed by atoms with Gasteiger partial charge in [0.2, 0.25) is 0 Å². The first-order valence-electron chi connectivity index (χ1n) is 6.38. The lowest BCUT2D eigenvalue weighted by atomic mass is 9.91. The van der Waals surface area contributed by atoms with E-state index in [1.165, 1.54) is 19.2 Å². The van der Waals surface area contributed by atoms with E-state index < -0.39 is 5.82 Å². The number of amides is 1. The minimum Gasteiger partial charge on any atom is -0.496 e. The maximum atomic E-state index is 13.9. The maximum Gasteiger partial charge on any atom is 0.260 e. The van der Waals surface area contributed by atoms with Crippen molar-refractivity contribution in [3.05, 3.63) is 29.6 Å². The molecule has 0 bridgehead atoms. The molecule has 1 aromatic rings. The Balaban J connectivity index is 2.30. The van der Waals surface area contributed by atoms with E-state index in [0.29, 0.717) is 12.4 Å². The van der Waals surface area contributed by atoms with Crippen molar-refractivity contribution in [3.63, 3.8) is 0 Å². The lowest BCUT2D eigenvalue weighted by molar-refractivity contribution is 0.0589. The van der Waals surface area contributed by atoms with E-state index in [9.17, 15) is 9.18 Å². The molecule has 0 heterocycles. The van der Waals surface area contributed by atoms with E-state index in [-0.39, 0.29) is 23.3 Å². The zero-order valence-electron chi connectivity index (χ0n) is 10.9. The van der Waals surface area contributed by atoms with Crippen molar-refractivity contribution >= 4 is 17.5 Å². The third kappa shape index (κ3) is 2.84. The van der Waals surface area contributed by atoms with Gasteiger partial charge in [0.05, 0.1) is 7.11 Å². The van der Waals surface area contributed by atoms with Crippen LogP contribution in [0.15, 0.2) is 18.2 Å². The number of nitrogens with zero attached hydrogens (tertiary/aromatic N) is 1. The lowest BCUT2D eigenvalue weighted by Gasteiger charge is -2.37. The van der Waals surface area contributed by atoms with Gasteiger partial charge >= 0.3 is 0 Å². The highest BCUT2D eigenvalue weighted by atomic mass is 35.5. The van der Waals surface area contributed by atoms with Crippen LogP contribution in [-0.2, 0) is 0 Å². The fraction of sp³-hybridized carbons (Fsp3) is 0.500. The summed E-state index contributed by atoms with van der Waals surface area (Å²) < 4.78 is 19.0. The topological polar surface area (TPSA) is 29.5 Å². The van der Waals surface area contributed by atoms with Gasteiger partial charge in [-0.3, -0.25) is 4.79 Å². The Morgan fingerprint density at radius 2 is 2.26 bits per heavy atom. The normalized spacial score (nSPS) is 14.9. The molecule has 19 heavy (non-hydrogen) atoms. The fourth-order valence-electron chi connectivity index (χ4n) is 2.26. The minimum atomic E-state index is -0.553. The van der Waals surface area contributed by atoms with Crippen molar-refractivity contribution in [1.29, 1.82) is 0 Å². The molecule has 0 aromatic heterocycles. The summed E-state index contributed by atoms with van der Waals surface area (Å²) in [6, 6.07) is 4.57. The summed E-state index contributed by atoms with van der Waals surface area (Å²) in [5, 5.41) is 0. The summed E-state index contributed by atoms with van der Waals surface area (Å²) in [6.07, 6.45) is 3.02. The molecule has 1 fully saturated rings. The Hall–Kier alpha value is -1.29. The lowest BCUT2D eigenvalue weighted by Crippen LogP contribution is -2.45. The number of methoxy groups -OCH3 is 1. The molecule has 0 aliphatic heterocycles. The van der Waals surface area contributed by atoms with Gasteiger partial charge in [-0.15, -0.1) is 11.6 Å². The Kier molecular flexibility index (Phi) is 4.64. The first kappa shape index (κ1) is 14.1. The molecule has 1 aliphatic carbocycles. The van der Waals surface area contributed by atoms with Crippen LogP contribution in [0, 0.1) is 5.82 Å². The smallest absolute Gasteiger partial charge is 0.260 e. The molecule has 0 unspecified atom stereocenters. The number of benzene rings is 1. The van der Waals surface area contributed by atoms with Gasteiger partial charge in [0.15, 0.2) is 0 Å². The Bertz CT molecular complexity index is 463. The Morgan fingerprint density at radius 1 is 1.53 bits per heavy atom. The van der Waals surface area contributed by atoms with Crippen molar-refractivity contribution in [2.75, 3.05) is 19.5 Å². The fourth-order valence-corrected chi connectivity index (χ4v) is 2.45. The number of ether oxygens (including phenoxy) is 1. The summed E-state index contributed by atoms with van der Waals surface area (Å²) in [7, 11) is 1.43. The monoisotopic (exact) mass is 285 g/mol. The van der Waals surface area contributed by atoms with E-state index in [1.54, 1.807) is 11.0 Å². The van der Waals surface area contributed by atoms with E-state index in [2.05, 4.69) is 0 Å². The first-order chi connectivity index (χ1) is 9.19. The van der Waals surface area contributed by atoms with Gasteiger partial charge in [0.25, 0.3) is 5.91 Å². The molecule has 5 heteroatoms. The zero-order chi connectivity index (χ0) is 13.8. The van der Waals surface area contributed by atoms with Gasteiger partial charge in [0.1, 0.15) is 17.1 Å². The second-order valence-electron chi connectivity index (χ2n) is 4.59. The Morgan fingerprint density at radius 3 is 2.79 bits per heavy atom. The van der Waals surface area contributed by atoms with Crippen LogP contribution in [0.1, 0.15) is 29.6 Å². The number of rotatable bonds is 5. The number of alkyl halides is 1.